The molecule has 0 bridgehead atoms. The monoisotopic (exact) mass is 329 g/mol. The molecule has 0 saturated carbocycles. The lowest BCUT2D eigenvalue weighted by Gasteiger charge is -2.20. The zero-order valence-corrected chi connectivity index (χ0v) is 14.2. The van der Waals surface area contributed by atoms with Gasteiger partial charge < -0.3 is 14.8 Å². The molecule has 120 valence electrons. The molecule has 1 aliphatic heterocycles. The first-order valence-electron chi connectivity index (χ1n) is 7.51. The molecule has 1 amide bonds. The van der Waals surface area contributed by atoms with E-state index in [-0.39, 0.29) is 5.91 Å². The summed E-state index contributed by atoms with van der Waals surface area (Å²) >= 11 is 1.55. The molecule has 4 nitrogen and oxygen atoms in total. The molecule has 0 saturated heterocycles. The third-order valence-corrected chi connectivity index (χ3v) is 4.64. The molecule has 5 heteroatoms. The highest BCUT2D eigenvalue weighted by Crippen LogP contribution is 2.42. The minimum absolute atomic E-state index is 0.132. The summed E-state index contributed by atoms with van der Waals surface area (Å²) in [6.45, 7) is 3.91. The lowest BCUT2D eigenvalue weighted by Crippen LogP contribution is -2.33. The van der Waals surface area contributed by atoms with Crippen molar-refractivity contribution < 1.29 is 14.3 Å². The number of carbonyl (C=O) groups excluding carboxylic acids is 1. The Hall–Kier alpha value is -2.14. The van der Waals surface area contributed by atoms with Crippen molar-refractivity contribution in [3.05, 3.63) is 48.0 Å². The van der Waals surface area contributed by atoms with Crippen LogP contribution in [0.5, 0.6) is 11.5 Å². The molecule has 1 aliphatic rings. The summed E-state index contributed by atoms with van der Waals surface area (Å²) < 4.78 is 11.6. The summed E-state index contributed by atoms with van der Waals surface area (Å²) in [4.78, 5) is 13.4. The number of anilines is 1. The first kappa shape index (κ1) is 15.7. The Morgan fingerprint density at radius 1 is 1.17 bits per heavy atom. The van der Waals surface area contributed by atoms with Gasteiger partial charge in [-0.05, 0) is 30.5 Å². The van der Waals surface area contributed by atoms with Crippen LogP contribution >= 0.6 is 11.8 Å². The summed E-state index contributed by atoms with van der Waals surface area (Å²) in [5, 5.41) is 2.92. The van der Waals surface area contributed by atoms with Gasteiger partial charge in [0, 0.05) is 30.0 Å². The van der Waals surface area contributed by atoms with E-state index in [2.05, 4.69) is 5.32 Å². The Kier molecular flexibility index (Phi) is 4.22. The van der Waals surface area contributed by atoms with Crippen molar-refractivity contribution in [1.82, 2.24) is 0 Å². The van der Waals surface area contributed by atoms with Gasteiger partial charge in [0.25, 0.3) is 5.91 Å². The van der Waals surface area contributed by atoms with Crippen LogP contribution in [0.4, 0.5) is 5.69 Å². The van der Waals surface area contributed by atoms with Crippen molar-refractivity contribution in [1.29, 1.82) is 0 Å². The minimum atomic E-state index is -0.629. The van der Waals surface area contributed by atoms with E-state index in [9.17, 15) is 4.79 Å². The van der Waals surface area contributed by atoms with E-state index in [1.165, 1.54) is 0 Å². The Bertz CT molecular complexity index is 747. The van der Waals surface area contributed by atoms with Gasteiger partial charge >= 0.3 is 0 Å². The van der Waals surface area contributed by atoms with Crippen LogP contribution in [0.15, 0.2) is 47.4 Å². The number of hydrogen-bond donors (Lipinski definition) is 1. The maximum atomic E-state index is 12.5. The van der Waals surface area contributed by atoms with Crippen LogP contribution in [0.2, 0.25) is 0 Å². The molecule has 0 fully saturated rings. The quantitative estimate of drug-likeness (QED) is 0.836. The van der Waals surface area contributed by atoms with Crippen LogP contribution in [0, 0.1) is 0 Å². The molecule has 0 spiro atoms. The van der Waals surface area contributed by atoms with E-state index >= 15 is 0 Å². The van der Waals surface area contributed by atoms with E-state index in [1.807, 2.05) is 56.5 Å². The number of amides is 1. The summed E-state index contributed by atoms with van der Waals surface area (Å²) in [7, 11) is 0. The molecule has 1 heterocycles. The van der Waals surface area contributed by atoms with Gasteiger partial charge in [-0.2, -0.15) is 0 Å². The van der Waals surface area contributed by atoms with E-state index in [0.29, 0.717) is 22.7 Å². The molecule has 1 N–H and O–H groups in total. The van der Waals surface area contributed by atoms with Gasteiger partial charge in [-0.15, -0.1) is 11.8 Å². The Morgan fingerprint density at radius 3 is 2.65 bits per heavy atom. The lowest BCUT2D eigenvalue weighted by atomic mass is 10.2. The number of fused-ring (bicyclic) bond motifs is 1. The minimum Gasteiger partial charge on any atom is -0.449 e. The number of carbonyl (C=O) groups is 1. The highest BCUT2D eigenvalue weighted by atomic mass is 32.2. The third-order valence-electron chi connectivity index (χ3n) is 3.85. The largest absolute Gasteiger partial charge is 0.449 e. The molecule has 1 atom stereocenters. The van der Waals surface area contributed by atoms with Crippen LogP contribution < -0.4 is 14.8 Å². The summed E-state index contributed by atoms with van der Waals surface area (Å²) in [6.07, 6.45) is 2.70. The molecule has 0 aromatic heterocycles. The first-order chi connectivity index (χ1) is 11.0. The SMILES string of the molecule is CCC1(C)Oc2ccc(NC(=O)c3ccccc3SC)cc2O1. The second-order valence-corrected chi connectivity index (χ2v) is 6.36. The molecule has 2 aromatic rings. The van der Waals surface area contributed by atoms with Gasteiger partial charge in [0.2, 0.25) is 5.79 Å². The summed E-state index contributed by atoms with van der Waals surface area (Å²) in [5.74, 6) is 0.602. The maximum Gasteiger partial charge on any atom is 0.256 e. The van der Waals surface area contributed by atoms with Crippen LogP contribution in [0.3, 0.4) is 0 Å². The molecule has 0 radical (unpaired) electrons. The maximum absolute atomic E-state index is 12.5. The molecule has 3 rings (SSSR count). The van der Waals surface area contributed by atoms with Gasteiger partial charge in [0.15, 0.2) is 11.5 Å². The Morgan fingerprint density at radius 2 is 1.91 bits per heavy atom. The van der Waals surface area contributed by atoms with Crippen LogP contribution in [-0.4, -0.2) is 18.0 Å². The number of hydrogen-bond acceptors (Lipinski definition) is 4. The number of rotatable bonds is 4. The predicted octanol–water partition coefficient (Wildman–Crippen LogP) is 4.56. The van der Waals surface area contributed by atoms with Gasteiger partial charge in [-0.3, -0.25) is 4.79 Å². The highest BCUT2D eigenvalue weighted by molar-refractivity contribution is 7.98. The molecular weight excluding hydrogens is 310 g/mol. The zero-order valence-electron chi connectivity index (χ0n) is 13.4. The predicted molar refractivity (Wildman–Crippen MR) is 92.6 cm³/mol. The third kappa shape index (κ3) is 3.15. The van der Waals surface area contributed by atoms with Crippen LogP contribution in [0.1, 0.15) is 30.6 Å². The second kappa shape index (κ2) is 6.16. The van der Waals surface area contributed by atoms with E-state index in [1.54, 1.807) is 17.8 Å². The average Bonchev–Trinajstić information content (AvgIpc) is 2.91. The fourth-order valence-electron chi connectivity index (χ4n) is 2.41. The Labute approximate surface area is 140 Å². The van der Waals surface area contributed by atoms with E-state index < -0.39 is 5.79 Å². The van der Waals surface area contributed by atoms with Crippen molar-refractivity contribution in [2.24, 2.45) is 0 Å². The van der Waals surface area contributed by atoms with Gasteiger partial charge in [-0.1, -0.05) is 19.1 Å². The van der Waals surface area contributed by atoms with Gasteiger partial charge in [0.05, 0.1) is 5.56 Å². The van der Waals surface area contributed by atoms with Crippen molar-refractivity contribution in [3.8, 4) is 11.5 Å². The topological polar surface area (TPSA) is 47.6 Å². The summed E-state index contributed by atoms with van der Waals surface area (Å²) in [5.41, 5.74) is 1.35. The van der Waals surface area contributed by atoms with Crippen molar-refractivity contribution in [2.75, 3.05) is 11.6 Å². The molecular formula is C18H19NO3S. The molecule has 23 heavy (non-hydrogen) atoms. The zero-order chi connectivity index (χ0) is 16.4. The molecule has 1 unspecified atom stereocenters. The molecule has 0 aliphatic carbocycles. The lowest BCUT2D eigenvalue weighted by molar-refractivity contribution is -0.0640. The van der Waals surface area contributed by atoms with E-state index in [4.69, 9.17) is 9.47 Å². The standard InChI is InChI=1S/C18H19NO3S/c1-4-18(2)21-14-10-9-12(11-15(14)22-18)19-17(20)13-7-5-6-8-16(13)23-3/h5-11H,4H2,1-3H3,(H,19,20). The van der Waals surface area contributed by atoms with Crippen LogP contribution in [-0.2, 0) is 0 Å². The fourth-order valence-corrected chi connectivity index (χ4v) is 3.01. The van der Waals surface area contributed by atoms with Crippen molar-refractivity contribution >= 4 is 23.4 Å². The number of thioether (sulfide) groups is 1. The second-order valence-electron chi connectivity index (χ2n) is 5.51. The smallest absolute Gasteiger partial charge is 0.256 e. The van der Waals surface area contributed by atoms with Crippen LogP contribution in [0.25, 0.3) is 0 Å². The Balaban J connectivity index is 1.80. The van der Waals surface area contributed by atoms with E-state index in [0.717, 1.165) is 11.3 Å². The number of benzene rings is 2. The molecule has 2 aromatic carbocycles. The summed E-state index contributed by atoms with van der Waals surface area (Å²) in [6, 6.07) is 13.0. The first-order valence-corrected chi connectivity index (χ1v) is 8.73. The van der Waals surface area contributed by atoms with Crippen molar-refractivity contribution in [3.63, 3.8) is 0 Å². The van der Waals surface area contributed by atoms with Gasteiger partial charge in [0.1, 0.15) is 0 Å². The van der Waals surface area contributed by atoms with Crippen molar-refractivity contribution in [2.45, 2.75) is 31.0 Å². The normalized spacial score (nSPS) is 18.7. The van der Waals surface area contributed by atoms with Gasteiger partial charge in [-0.25, -0.2) is 0 Å². The fraction of sp³-hybridized carbons (Fsp3) is 0.278. The average molecular weight is 329 g/mol. The number of nitrogens with one attached hydrogen (secondary N) is 1. The highest BCUT2D eigenvalue weighted by Gasteiger charge is 2.35. The number of ether oxygens (including phenoxy) is 2.